The van der Waals surface area contributed by atoms with E-state index in [1.807, 2.05) is 37.3 Å². The molecule has 6 nitrogen and oxygen atoms in total. The lowest BCUT2D eigenvalue weighted by atomic mass is 10.1. The first-order valence-corrected chi connectivity index (χ1v) is 8.19. The minimum Gasteiger partial charge on any atom is -0.504 e. The number of aromatic nitrogens is 2. The van der Waals surface area contributed by atoms with Gasteiger partial charge in [0.15, 0.2) is 16.5 Å². The molecule has 0 saturated carbocycles. The number of fused-ring (bicyclic) bond motifs is 3. The second kappa shape index (κ2) is 5.33. The van der Waals surface area contributed by atoms with Crippen LogP contribution in [-0.2, 0) is 0 Å². The summed E-state index contributed by atoms with van der Waals surface area (Å²) >= 11 is 1.20. The fourth-order valence-corrected chi connectivity index (χ4v) is 3.81. The number of nitriles is 1. The van der Waals surface area contributed by atoms with Crippen molar-refractivity contribution in [3.63, 3.8) is 0 Å². The molecule has 0 aliphatic rings. The number of phenolic OH excluding ortho intramolecular Hbond substituents is 2. The van der Waals surface area contributed by atoms with E-state index in [0.717, 1.165) is 5.56 Å². The molecule has 0 amide bonds. The summed E-state index contributed by atoms with van der Waals surface area (Å²) in [5.41, 5.74) is 2.08. The first-order valence-electron chi connectivity index (χ1n) is 7.38. The average Bonchev–Trinajstić information content (AvgIpc) is 2.91. The third kappa shape index (κ3) is 2.23. The highest BCUT2D eigenvalue weighted by Crippen LogP contribution is 2.37. The molecular formula is C18H11N3O3S. The van der Waals surface area contributed by atoms with Crippen LogP contribution in [0.1, 0.15) is 11.1 Å². The number of benzene rings is 2. The number of hydrogen-bond donors (Lipinski definition) is 2. The summed E-state index contributed by atoms with van der Waals surface area (Å²) < 4.78 is 2.31. The number of thiazole rings is 1. The van der Waals surface area contributed by atoms with Crippen LogP contribution in [-0.4, -0.2) is 19.6 Å². The molecule has 0 spiro atoms. The molecule has 25 heavy (non-hydrogen) atoms. The molecular weight excluding hydrogens is 338 g/mol. The molecule has 4 aromatic rings. The van der Waals surface area contributed by atoms with E-state index in [4.69, 9.17) is 0 Å². The molecule has 0 aliphatic heterocycles. The SMILES string of the molecule is Cc1ccc(-c2c(C#N)c(=O)nc3sc4cc(O)c(O)cc4n23)cc1. The van der Waals surface area contributed by atoms with Crippen LogP contribution in [0, 0.1) is 18.3 Å². The number of phenols is 2. The normalized spacial score (nSPS) is 11.0. The van der Waals surface area contributed by atoms with Crippen molar-refractivity contribution in [1.29, 1.82) is 5.26 Å². The summed E-state index contributed by atoms with van der Waals surface area (Å²) in [6.45, 7) is 1.95. The Balaban J connectivity index is 2.25. The van der Waals surface area contributed by atoms with Crippen LogP contribution in [0.25, 0.3) is 26.4 Å². The van der Waals surface area contributed by atoms with Crippen LogP contribution >= 0.6 is 11.3 Å². The van der Waals surface area contributed by atoms with Crippen molar-refractivity contribution in [2.45, 2.75) is 6.92 Å². The summed E-state index contributed by atoms with van der Waals surface area (Å²) in [6.07, 6.45) is 0. The van der Waals surface area contributed by atoms with Gasteiger partial charge in [-0.3, -0.25) is 9.20 Å². The maximum absolute atomic E-state index is 12.3. The van der Waals surface area contributed by atoms with Gasteiger partial charge in [0, 0.05) is 17.7 Å². The zero-order valence-corrected chi connectivity index (χ0v) is 13.8. The number of rotatable bonds is 1. The largest absolute Gasteiger partial charge is 0.504 e. The van der Waals surface area contributed by atoms with Crippen LogP contribution in [0.5, 0.6) is 11.5 Å². The first-order chi connectivity index (χ1) is 12.0. The van der Waals surface area contributed by atoms with Crippen molar-refractivity contribution in [3.8, 4) is 28.8 Å². The lowest BCUT2D eigenvalue weighted by molar-refractivity contribution is 0.405. The third-order valence-corrected chi connectivity index (χ3v) is 5.00. The number of aromatic hydroxyl groups is 2. The average molecular weight is 349 g/mol. The van der Waals surface area contributed by atoms with Gasteiger partial charge in [0.05, 0.1) is 15.9 Å². The highest BCUT2D eigenvalue weighted by molar-refractivity contribution is 7.23. The zero-order chi connectivity index (χ0) is 17.7. The minimum atomic E-state index is -0.599. The molecule has 0 bridgehead atoms. The maximum atomic E-state index is 12.3. The Kier molecular flexibility index (Phi) is 3.23. The zero-order valence-electron chi connectivity index (χ0n) is 13.0. The quantitative estimate of drug-likeness (QED) is 0.514. The Hall–Kier alpha value is -3.37. The predicted molar refractivity (Wildman–Crippen MR) is 95.1 cm³/mol. The van der Waals surface area contributed by atoms with Gasteiger partial charge in [-0.1, -0.05) is 41.2 Å². The van der Waals surface area contributed by atoms with Crippen LogP contribution in [0.4, 0.5) is 0 Å². The molecule has 2 aromatic heterocycles. The Bertz CT molecular complexity index is 1250. The Morgan fingerprint density at radius 1 is 1.16 bits per heavy atom. The maximum Gasteiger partial charge on any atom is 0.292 e. The van der Waals surface area contributed by atoms with Crippen molar-refractivity contribution in [2.24, 2.45) is 0 Å². The Morgan fingerprint density at radius 2 is 1.84 bits per heavy atom. The van der Waals surface area contributed by atoms with Gasteiger partial charge in [0.1, 0.15) is 11.6 Å². The third-order valence-electron chi connectivity index (χ3n) is 4.00. The fourth-order valence-electron chi connectivity index (χ4n) is 2.78. The van der Waals surface area contributed by atoms with E-state index >= 15 is 0 Å². The van der Waals surface area contributed by atoms with E-state index in [0.29, 0.717) is 26.4 Å². The molecule has 0 aliphatic carbocycles. The van der Waals surface area contributed by atoms with Crippen molar-refractivity contribution in [1.82, 2.24) is 9.38 Å². The molecule has 2 aromatic carbocycles. The molecule has 0 saturated heterocycles. The molecule has 4 rings (SSSR count). The van der Waals surface area contributed by atoms with Gasteiger partial charge in [-0.25, -0.2) is 0 Å². The van der Waals surface area contributed by atoms with E-state index in [9.17, 15) is 20.3 Å². The summed E-state index contributed by atoms with van der Waals surface area (Å²) in [7, 11) is 0. The van der Waals surface area contributed by atoms with E-state index in [-0.39, 0.29) is 17.1 Å². The van der Waals surface area contributed by atoms with Crippen LogP contribution in [0.15, 0.2) is 41.2 Å². The van der Waals surface area contributed by atoms with E-state index in [2.05, 4.69) is 4.98 Å². The molecule has 2 heterocycles. The number of nitrogens with zero attached hydrogens (tertiary/aromatic N) is 3. The standard InChI is InChI=1S/C18H11N3O3S/c1-9-2-4-10(5-3-9)16-11(8-19)17(24)20-18-21(16)12-6-13(22)14(23)7-15(12)25-18/h2-7,22-23H,1H3. The summed E-state index contributed by atoms with van der Waals surface area (Å²) in [5, 5.41) is 29.1. The van der Waals surface area contributed by atoms with Gasteiger partial charge in [-0.2, -0.15) is 10.2 Å². The van der Waals surface area contributed by atoms with Crippen molar-refractivity contribution >= 4 is 26.5 Å². The van der Waals surface area contributed by atoms with E-state index in [1.165, 1.54) is 23.5 Å². The lowest BCUT2D eigenvalue weighted by Crippen LogP contribution is -2.15. The summed E-state index contributed by atoms with van der Waals surface area (Å²) in [4.78, 5) is 16.7. The Morgan fingerprint density at radius 3 is 2.52 bits per heavy atom. The van der Waals surface area contributed by atoms with Crippen LogP contribution in [0.2, 0.25) is 0 Å². The van der Waals surface area contributed by atoms with Crippen molar-refractivity contribution < 1.29 is 10.2 Å². The second-order valence-corrected chi connectivity index (χ2v) is 6.66. The monoisotopic (exact) mass is 349 g/mol. The van der Waals surface area contributed by atoms with E-state index < -0.39 is 5.56 Å². The van der Waals surface area contributed by atoms with Gasteiger partial charge >= 0.3 is 0 Å². The smallest absolute Gasteiger partial charge is 0.292 e. The fraction of sp³-hybridized carbons (Fsp3) is 0.0556. The minimum absolute atomic E-state index is 0.0615. The van der Waals surface area contributed by atoms with Crippen molar-refractivity contribution in [2.75, 3.05) is 0 Å². The topological polar surface area (TPSA) is 98.6 Å². The van der Waals surface area contributed by atoms with Crippen LogP contribution < -0.4 is 5.56 Å². The van der Waals surface area contributed by atoms with Gasteiger partial charge in [-0.15, -0.1) is 0 Å². The number of aryl methyl sites for hydroxylation is 1. The van der Waals surface area contributed by atoms with Gasteiger partial charge in [-0.05, 0) is 6.92 Å². The molecule has 0 fully saturated rings. The molecule has 7 heteroatoms. The molecule has 122 valence electrons. The molecule has 0 radical (unpaired) electrons. The van der Waals surface area contributed by atoms with Gasteiger partial charge in [0.2, 0.25) is 0 Å². The Labute approximate surface area is 145 Å². The molecule has 0 atom stereocenters. The molecule has 2 N–H and O–H groups in total. The van der Waals surface area contributed by atoms with Crippen LogP contribution in [0.3, 0.4) is 0 Å². The lowest BCUT2D eigenvalue weighted by Gasteiger charge is -2.09. The summed E-state index contributed by atoms with van der Waals surface area (Å²) in [6, 6.07) is 12.2. The van der Waals surface area contributed by atoms with Gasteiger partial charge < -0.3 is 10.2 Å². The first kappa shape index (κ1) is 15.2. The predicted octanol–water partition coefficient (Wildman–Crippen LogP) is 3.17. The highest BCUT2D eigenvalue weighted by atomic mass is 32.1. The van der Waals surface area contributed by atoms with E-state index in [1.54, 1.807) is 4.40 Å². The highest BCUT2D eigenvalue weighted by Gasteiger charge is 2.19. The van der Waals surface area contributed by atoms with Crippen molar-refractivity contribution in [3.05, 3.63) is 57.9 Å². The molecule has 0 unspecified atom stereocenters. The van der Waals surface area contributed by atoms with Gasteiger partial charge in [0.25, 0.3) is 5.56 Å². The summed E-state index contributed by atoms with van der Waals surface area (Å²) in [5.74, 6) is -0.529. The number of hydrogen-bond acceptors (Lipinski definition) is 6. The second-order valence-electron chi connectivity index (χ2n) is 5.65.